The van der Waals surface area contributed by atoms with E-state index in [4.69, 9.17) is 4.74 Å². The van der Waals surface area contributed by atoms with E-state index in [0.29, 0.717) is 17.6 Å². The molecule has 4 aromatic rings. The standard InChI is InChI=1S/C24H25N5O3S/c1-2-32-16-9-10-18-20(13-16)33-24(26-18)27-22(30)15-29-19-8-4-3-7-17(19)25-21(29)14-23(31)28-11-5-6-12-28/h3-4,7-10,13H,2,5-6,11-12,14-15H2,1H3,(H,26,27,30). The third-order valence-corrected chi connectivity index (χ3v) is 6.65. The van der Waals surface area contributed by atoms with Gasteiger partial charge in [-0.15, -0.1) is 0 Å². The number of anilines is 1. The Morgan fingerprint density at radius 1 is 1.09 bits per heavy atom. The third-order valence-electron chi connectivity index (χ3n) is 5.72. The molecule has 1 N–H and O–H groups in total. The molecule has 2 aromatic heterocycles. The Bertz CT molecular complexity index is 1320. The van der Waals surface area contributed by atoms with Crippen LogP contribution in [0.5, 0.6) is 5.75 Å². The van der Waals surface area contributed by atoms with Crippen LogP contribution >= 0.6 is 11.3 Å². The van der Waals surface area contributed by atoms with Crippen molar-refractivity contribution >= 4 is 49.5 Å². The Kier molecular flexibility index (Phi) is 5.95. The lowest BCUT2D eigenvalue weighted by molar-refractivity contribution is -0.129. The van der Waals surface area contributed by atoms with Gasteiger partial charge in [0.25, 0.3) is 0 Å². The second-order valence-electron chi connectivity index (χ2n) is 8.00. The molecule has 1 aliphatic heterocycles. The average molecular weight is 464 g/mol. The normalized spacial score (nSPS) is 13.7. The number of carbonyl (C=O) groups excluding carboxylic acids is 2. The molecule has 3 heterocycles. The average Bonchev–Trinajstić information content (AvgIpc) is 3.53. The minimum atomic E-state index is -0.211. The zero-order chi connectivity index (χ0) is 22.8. The maximum Gasteiger partial charge on any atom is 0.246 e. The lowest BCUT2D eigenvalue weighted by Gasteiger charge is -2.15. The first-order chi connectivity index (χ1) is 16.1. The largest absolute Gasteiger partial charge is 0.494 e. The quantitative estimate of drug-likeness (QED) is 0.450. The lowest BCUT2D eigenvalue weighted by Crippen LogP contribution is -2.30. The molecule has 9 heteroatoms. The Morgan fingerprint density at radius 2 is 1.91 bits per heavy atom. The van der Waals surface area contributed by atoms with Gasteiger partial charge >= 0.3 is 0 Å². The highest BCUT2D eigenvalue weighted by molar-refractivity contribution is 7.22. The number of thiazole rings is 1. The minimum Gasteiger partial charge on any atom is -0.494 e. The van der Waals surface area contributed by atoms with E-state index >= 15 is 0 Å². The first kappa shape index (κ1) is 21.4. The number of carbonyl (C=O) groups is 2. The van der Waals surface area contributed by atoms with Crippen molar-refractivity contribution in [1.82, 2.24) is 19.4 Å². The first-order valence-electron chi connectivity index (χ1n) is 11.2. The maximum absolute atomic E-state index is 13.0. The van der Waals surface area contributed by atoms with Gasteiger partial charge in [0.05, 0.1) is 34.3 Å². The summed E-state index contributed by atoms with van der Waals surface area (Å²) in [6, 6.07) is 13.3. The summed E-state index contributed by atoms with van der Waals surface area (Å²) in [5, 5.41) is 3.44. The Morgan fingerprint density at radius 3 is 2.73 bits per heavy atom. The van der Waals surface area contributed by atoms with Crippen LogP contribution in [0.1, 0.15) is 25.6 Å². The third kappa shape index (κ3) is 4.54. The predicted molar refractivity (Wildman–Crippen MR) is 129 cm³/mol. The number of hydrogen-bond acceptors (Lipinski definition) is 6. The number of para-hydroxylation sites is 2. The van der Waals surface area contributed by atoms with Crippen LogP contribution in [0.15, 0.2) is 42.5 Å². The van der Waals surface area contributed by atoms with Gasteiger partial charge in [-0.3, -0.25) is 9.59 Å². The van der Waals surface area contributed by atoms with E-state index in [9.17, 15) is 9.59 Å². The predicted octanol–water partition coefficient (Wildman–Crippen LogP) is 3.85. The van der Waals surface area contributed by atoms with Gasteiger partial charge in [-0.2, -0.15) is 0 Å². The Labute approximate surface area is 195 Å². The van der Waals surface area contributed by atoms with Crippen LogP contribution in [0.25, 0.3) is 21.3 Å². The van der Waals surface area contributed by atoms with Gasteiger partial charge < -0.3 is 19.5 Å². The van der Waals surface area contributed by atoms with Crippen LogP contribution in [-0.2, 0) is 22.6 Å². The number of likely N-dealkylation sites (tertiary alicyclic amines) is 1. The molecule has 1 saturated heterocycles. The molecule has 0 saturated carbocycles. The van der Waals surface area contributed by atoms with E-state index in [1.54, 1.807) is 0 Å². The van der Waals surface area contributed by atoms with Crippen molar-refractivity contribution in [3.63, 3.8) is 0 Å². The molecule has 1 fully saturated rings. The topological polar surface area (TPSA) is 89.3 Å². The number of fused-ring (bicyclic) bond motifs is 2. The van der Waals surface area contributed by atoms with Gasteiger partial charge in [-0.05, 0) is 50.1 Å². The van der Waals surface area contributed by atoms with Crippen LogP contribution in [0.3, 0.4) is 0 Å². The molecule has 0 aliphatic carbocycles. The summed E-state index contributed by atoms with van der Waals surface area (Å²) in [5.74, 6) is 1.23. The van der Waals surface area contributed by atoms with Gasteiger partial charge in [0.2, 0.25) is 11.8 Å². The van der Waals surface area contributed by atoms with Crippen LogP contribution in [0.4, 0.5) is 5.13 Å². The summed E-state index contributed by atoms with van der Waals surface area (Å²) in [6.07, 6.45) is 2.26. The molecule has 0 bridgehead atoms. The molecule has 1 aliphatic rings. The first-order valence-corrected chi connectivity index (χ1v) is 12.0. The van der Waals surface area contributed by atoms with E-state index in [1.165, 1.54) is 11.3 Å². The van der Waals surface area contributed by atoms with Crippen molar-refractivity contribution < 1.29 is 14.3 Å². The smallest absolute Gasteiger partial charge is 0.246 e. The maximum atomic E-state index is 13.0. The monoisotopic (exact) mass is 463 g/mol. The number of ether oxygens (including phenoxy) is 1. The number of amides is 2. The van der Waals surface area contributed by atoms with Crippen LogP contribution in [0.2, 0.25) is 0 Å². The van der Waals surface area contributed by atoms with Crippen LogP contribution in [0, 0.1) is 0 Å². The summed E-state index contributed by atoms with van der Waals surface area (Å²) >= 11 is 1.40. The Hall–Kier alpha value is -3.46. The fourth-order valence-electron chi connectivity index (χ4n) is 4.17. The summed E-state index contributed by atoms with van der Waals surface area (Å²) in [7, 11) is 0. The molecule has 8 nitrogen and oxygen atoms in total. The fraction of sp³-hybridized carbons (Fsp3) is 0.333. The molecule has 2 amide bonds. The lowest BCUT2D eigenvalue weighted by atomic mass is 10.3. The van der Waals surface area contributed by atoms with Crippen molar-refractivity contribution in [3.05, 3.63) is 48.3 Å². The molecule has 170 valence electrons. The van der Waals surface area contributed by atoms with E-state index in [2.05, 4.69) is 15.3 Å². The highest BCUT2D eigenvalue weighted by Gasteiger charge is 2.22. The van der Waals surface area contributed by atoms with Crippen molar-refractivity contribution in [2.75, 3.05) is 25.0 Å². The summed E-state index contributed by atoms with van der Waals surface area (Å²) in [4.78, 5) is 36.7. The van der Waals surface area contributed by atoms with Gasteiger partial charge in [0.1, 0.15) is 18.1 Å². The number of benzene rings is 2. The van der Waals surface area contributed by atoms with E-state index in [1.807, 2.05) is 58.9 Å². The number of nitrogens with zero attached hydrogens (tertiary/aromatic N) is 4. The SMILES string of the molecule is CCOc1ccc2nc(NC(=O)Cn3c(CC(=O)N4CCCC4)nc4ccccc43)sc2c1. The van der Waals surface area contributed by atoms with Crippen LogP contribution < -0.4 is 10.1 Å². The number of imidazole rings is 1. The van der Waals surface area contributed by atoms with E-state index in [0.717, 1.165) is 52.9 Å². The molecule has 0 radical (unpaired) electrons. The summed E-state index contributed by atoms with van der Waals surface area (Å²) < 4.78 is 8.33. The molecule has 2 aromatic carbocycles. The van der Waals surface area contributed by atoms with Crippen molar-refractivity contribution in [1.29, 1.82) is 0 Å². The minimum absolute atomic E-state index is 0.0562. The number of rotatable bonds is 7. The molecule has 33 heavy (non-hydrogen) atoms. The van der Waals surface area contributed by atoms with Crippen LogP contribution in [-0.4, -0.2) is 50.9 Å². The second-order valence-corrected chi connectivity index (χ2v) is 9.03. The van der Waals surface area contributed by atoms with Gasteiger partial charge in [-0.25, -0.2) is 9.97 Å². The highest BCUT2D eigenvalue weighted by Crippen LogP contribution is 2.29. The zero-order valence-corrected chi connectivity index (χ0v) is 19.2. The second kappa shape index (κ2) is 9.19. The summed E-state index contributed by atoms with van der Waals surface area (Å²) in [6.45, 7) is 4.18. The molecule has 0 spiro atoms. The van der Waals surface area contributed by atoms with E-state index < -0.39 is 0 Å². The summed E-state index contributed by atoms with van der Waals surface area (Å²) in [5.41, 5.74) is 2.42. The number of hydrogen-bond donors (Lipinski definition) is 1. The fourth-order valence-corrected chi connectivity index (χ4v) is 5.08. The van der Waals surface area contributed by atoms with Gasteiger partial charge in [-0.1, -0.05) is 23.5 Å². The van der Waals surface area contributed by atoms with E-state index in [-0.39, 0.29) is 24.8 Å². The highest BCUT2D eigenvalue weighted by atomic mass is 32.1. The van der Waals surface area contributed by atoms with Gasteiger partial charge in [0, 0.05) is 13.1 Å². The molecule has 0 atom stereocenters. The van der Waals surface area contributed by atoms with Gasteiger partial charge in [0.15, 0.2) is 5.13 Å². The van der Waals surface area contributed by atoms with Crippen molar-refractivity contribution in [2.45, 2.75) is 32.7 Å². The molecular weight excluding hydrogens is 438 g/mol. The molecule has 0 unspecified atom stereocenters. The molecular formula is C24H25N5O3S. The van der Waals surface area contributed by atoms with Crippen molar-refractivity contribution in [3.8, 4) is 5.75 Å². The Balaban J connectivity index is 1.36. The van der Waals surface area contributed by atoms with Crippen molar-refractivity contribution in [2.24, 2.45) is 0 Å². The number of nitrogens with one attached hydrogen (secondary N) is 1. The zero-order valence-electron chi connectivity index (χ0n) is 18.4. The number of aromatic nitrogens is 3. The molecule has 5 rings (SSSR count).